The third-order valence-electron chi connectivity index (χ3n) is 5.08. The van der Waals surface area contributed by atoms with E-state index in [0.717, 1.165) is 11.3 Å². The van der Waals surface area contributed by atoms with Crippen molar-refractivity contribution in [2.24, 2.45) is 5.73 Å². The third kappa shape index (κ3) is 3.07. The lowest BCUT2D eigenvalue weighted by Crippen LogP contribution is -2.38. The molecule has 1 aromatic heterocycles. The van der Waals surface area contributed by atoms with Crippen molar-refractivity contribution in [1.29, 1.82) is 5.26 Å². The second-order valence-electron chi connectivity index (χ2n) is 6.73. The van der Waals surface area contributed by atoms with E-state index in [2.05, 4.69) is 6.07 Å². The molecule has 2 N–H and O–H groups in total. The summed E-state index contributed by atoms with van der Waals surface area (Å²) in [4.78, 5) is 25.7. The first-order valence-corrected chi connectivity index (χ1v) is 9.69. The van der Waals surface area contributed by atoms with Crippen LogP contribution in [0.15, 0.2) is 59.1 Å². The van der Waals surface area contributed by atoms with E-state index in [4.69, 9.17) is 5.73 Å². The SMILES string of the molecule is N#CC1=C(N)N(c2ccc(F)cc2)C2=C(C(=O)CCC2)[C@H]1c1ccc([N+](=O)[O-])s1. The minimum atomic E-state index is -0.738. The van der Waals surface area contributed by atoms with Gasteiger partial charge >= 0.3 is 5.00 Å². The molecule has 4 rings (SSSR count). The first kappa shape index (κ1) is 18.8. The van der Waals surface area contributed by atoms with Crippen molar-refractivity contribution < 1.29 is 14.1 Å². The van der Waals surface area contributed by atoms with Crippen LogP contribution in [0.2, 0.25) is 0 Å². The number of thiophene rings is 1. The standard InChI is InChI=1S/C20H15FN4O3S/c21-11-4-6-12(7-5-11)24-14-2-1-3-15(26)19(14)18(13(10-22)20(24)23)16-8-9-17(29-16)25(27)28/h4-9,18H,1-3,23H2/t18-/m1/s1. The Labute approximate surface area is 169 Å². The molecule has 146 valence electrons. The van der Waals surface area contributed by atoms with Crippen LogP contribution >= 0.6 is 11.3 Å². The molecule has 0 saturated carbocycles. The number of nitro groups is 1. The summed E-state index contributed by atoms with van der Waals surface area (Å²) in [6, 6.07) is 10.7. The molecule has 0 amide bonds. The van der Waals surface area contributed by atoms with Gasteiger partial charge < -0.3 is 5.73 Å². The van der Waals surface area contributed by atoms with Gasteiger partial charge in [-0.05, 0) is 43.2 Å². The monoisotopic (exact) mass is 410 g/mol. The van der Waals surface area contributed by atoms with Crippen LogP contribution in [0.3, 0.4) is 0 Å². The number of Topliss-reactive ketones (excluding diaryl/α,β-unsaturated/α-hetero) is 1. The van der Waals surface area contributed by atoms with E-state index in [1.807, 2.05) is 0 Å². The van der Waals surface area contributed by atoms with Crippen LogP contribution in [-0.4, -0.2) is 10.7 Å². The maximum absolute atomic E-state index is 13.4. The second kappa shape index (κ2) is 7.14. The Morgan fingerprint density at radius 1 is 1.24 bits per heavy atom. The molecule has 0 spiro atoms. The van der Waals surface area contributed by atoms with E-state index in [1.54, 1.807) is 11.0 Å². The molecule has 2 aliphatic rings. The molecule has 1 aliphatic carbocycles. The fourth-order valence-electron chi connectivity index (χ4n) is 3.85. The lowest BCUT2D eigenvalue weighted by atomic mass is 9.78. The van der Waals surface area contributed by atoms with Gasteiger partial charge in [-0.15, -0.1) is 0 Å². The average Bonchev–Trinajstić information content (AvgIpc) is 3.18. The highest BCUT2D eigenvalue weighted by atomic mass is 32.1. The van der Waals surface area contributed by atoms with Crippen molar-refractivity contribution in [2.45, 2.75) is 25.2 Å². The van der Waals surface area contributed by atoms with Gasteiger partial charge in [-0.3, -0.25) is 19.8 Å². The van der Waals surface area contributed by atoms with Crippen molar-refractivity contribution in [1.82, 2.24) is 0 Å². The number of hydrogen-bond donors (Lipinski definition) is 1. The molecule has 7 nitrogen and oxygen atoms in total. The molecule has 9 heteroatoms. The highest BCUT2D eigenvalue weighted by molar-refractivity contribution is 7.15. The van der Waals surface area contributed by atoms with Gasteiger partial charge in [0.25, 0.3) is 0 Å². The van der Waals surface area contributed by atoms with Crippen LogP contribution in [0.25, 0.3) is 0 Å². The third-order valence-corrected chi connectivity index (χ3v) is 6.18. The fourth-order valence-corrected chi connectivity index (χ4v) is 4.79. The van der Waals surface area contributed by atoms with E-state index < -0.39 is 16.7 Å². The normalized spacial score (nSPS) is 19.2. The van der Waals surface area contributed by atoms with Gasteiger partial charge in [0, 0.05) is 34.3 Å². The van der Waals surface area contributed by atoms with Gasteiger partial charge in [0.1, 0.15) is 11.6 Å². The Bertz CT molecular complexity index is 1130. The number of nitriles is 1. The van der Waals surface area contributed by atoms with E-state index in [-0.39, 0.29) is 22.2 Å². The molecule has 1 aromatic carbocycles. The number of rotatable bonds is 3. The molecule has 2 aromatic rings. The van der Waals surface area contributed by atoms with E-state index >= 15 is 0 Å². The number of benzene rings is 1. The number of allylic oxidation sites excluding steroid dienone is 3. The number of halogens is 1. The van der Waals surface area contributed by atoms with Crippen LogP contribution in [0, 0.1) is 27.3 Å². The Morgan fingerprint density at radius 3 is 2.59 bits per heavy atom. The number of ketones is 1. The van der Waals surface area contributed by atoms with Crippen LogP contribution in [0.5, 0.6) is 0 Å². The molecule has 0 radical (unpaired) electrons. The molecule has 0 unspecified atom stereocenters. The van der Waals surface area contributed by atoms with Crippen LogP contribution in [0.1, 0.15) is 30.1 Å². The minimum absolute atomic E-state index is 0.0674. The average molecular weight is 410 g/mol. The zero-order valence-corrected chi connectivity index (χ0v) is 15.9. The first-order chi connectivity index (χ1) is 13.9. The molecule has 0 bridgehead atoms. The smallest absolute Gasteiger partial charge is 0.324 e. The number of carbonyl (C=O) groups is 1. The summed E-state index contributed by atoms with van der Waals surface area (Å²) < 4.78 is 13.4. The largest absolute Gasteiger partial charge is 0.384 e. The van der Waals surface area contributed by atoms with Crippen LogP contribution in [-0.2, 0) is 4.79 Å². The van der Waals surface area contributed by atoms with E-state index in [9.17, 15) is 24.6 Å². The minimum Gasteiger partial charge on any atom is -0.384 e. The highest BCUT2D eigenvalue weighted by Gasteiger charge is 2.41. The number of nitrogens with zero attached hydrogens (tertiary/aromatic N) is 3. The second-order valence-corrected chi connectivity index (χ2v) is 7.82. The number of carbonyl (C=O) groups excluding carboxylic acids is 1. The highest BCUT2D eigenvalue weighted by Crippen LogP contribution is 2.48. The van der Waals surface area contributed by atoms with Gasteiger partial charge in [-0.25, -0.2) is 4.39 Å². The summed E-state index contributed by atoms with van der Waals surface area (Å²) >= 11 is 0.931. The molecule has 0 saturated heterocycles. The van der Waals surface area contributed by atoms with Crippen LogP contribution < -0.4 is 10.6 Å². The number of anilines is 1. The summed E-state index contributed by atoms with van der Waals surface area (Å²) in [5.41, 5.74) is 8.16. The van der Waals surface area contributed by atoms with E-state index in [1.165, 1.54) is 30.3 Å². The lowest BCUT2D eigenvalue weighted by molar-refractivity contribution is -0.380. The molecule has 1 aliphatic heterocycles. The van der Waals surface area contributed by atoms with Gasteiger partial charge in [0.15, 0.2) is 5.78 Å². The Morgan fingerprint density at radius 2 is 1.97 bits per heavy atom. The zero-order valence-electron chi connectivity index (χ0n) is 15.1. The lowest BCUT2D eigenvalue weighted by Gasteiger charge is -2.39. The topological polar surface area (TPSA) is 113 Å². The van der Waals surface area contributed by atoms with Crippen LogP contribution in [0.4, 0.5) is 15.1 Å². The fraction of sp³-hybridized carbons (Fsp3) is 0.200. The number of nitrogens with two attached hydrogens (primary N) is 1. The molecule has 0 fully saturated rings. The summed E-state index contributed by atoms with van der Waals surface area (Å²) in [7, 11) is 0. The van der Waals surface area contributed by atoms with Crippen molar-refractivity contribution >= 4 is 27.8 Å². The van der Waals surface area contributed by atoms with Gasteiger partial charge in [0.05, 0.1) is 22.5 Å². The summed E-state index contributed by atoms with van der Waals surface area (Å²) in [5, 5.41) is 20.9. The maximum atomic E-state index is 13.4. The Balaban J connectivity index is 1.94. The molecule has 2 heterocycles. The summed E-state index contributed by atoms with van der Waals surface area (Å²) in [6.07, 6.45) is 1.52. The zero-order chi connectivity index (χ0) is 20.7. The number of hydrogen-bond acceptors (Lipinski definition) is 7. The maximum Gasteiger partial charge on any atom is 0.324 e. The van der Waals surface area contributed by atoms with Crippen molar-refractivity contribution in [3.05, 3.63) is 79.9 Å². The predicted molar refractivity (Wildman–Crippen MR) is 105 cm³/mol. The first-order valence-electron chi connectivity index (χ1n) is 8.88. The molecule has 29 heavy (non-hydrogen) atoms. The summed E-state index contributed by atoms with van der Waals surface area (Å²) in [5.74, 6) is -1.11. The van der Waals surface area contributed by atoms with E-state index in [0.29, 0.717) is 41.1 Å². The molecule has 1 atom stereocenters. The Kier molecular flexibility index (Phi) is 4.64. The molecular formula is C20H15FN4O3S. The van der Waals surface area contributed by atoms with Crippen molar-refractivity contribution in [3.63, 3.8) is 0 Å². The van der Waals surface area contributed by atoms with Crippen molar-refractivity contribution in [3.8, 4) is 6.07 Å². The van der Waals surface area contributed by atoms with Gasteiger partial charge in [-0.1, -0.05) is 11.3 Å². The quantitative estimate of drug-likeness (QED) is 0.602. The predicted octanol–water partition coefficient (Wildman–Crippen LogP) is 4.10. The Hall–Kier alpha value is -3.51. The van der Waals surface area contributed by atoms with Gasteiger partial charge in [0.2, 0.25) is 0 Å². The summed E-state index contributed by atoms with van der Waals surface area (Å²) in [6.45, 7) is 0. The molecular weight excluding hydrogens is 395 g/mol. The van der Waals surface area contributed by atoms with Crippen molar-refractivity contribution in [2.75, 3.05) is 4.90 Å². The van der Waals surface area contributed by atoms with Gasteiger partial charge in [-0.2, -0.15) is 5.26 Å².